The molecule has 0 radical (unpaired) electrons. The van der Waals surface area contributed by atoms with Crippen molar-refractivity contribution in [2.75, 3.05) is 0 Å². The van der Waals surface area contributed by atoms with E-state index in [1.165, 1.54) is 6.20 Å². The quantitative estimate of drug-likeness (QED) is 0.639. The monoisotopic (exact) mass is 370 g/mol. The highest BCUT2D eigenvalue weighted by Gasteiger charge is 2.38. The van der Waals surface area contributed by atoms with Gasteiger partial charge in [0.25, 0.3) is 5.88 Å². The van der Waals surface area contributed by atoms with Crippen LogP contribution in [0.5, 0.6) is 11.6 Å². The van der Waals surface area contributed by atoms with Gasteiger partial charge in [0.05, 0.1) is 11.7 Å². The lowest BCUT2D eigenvalue weighted by molar-refractivity contribution is -0.192. The molecule has 12 heteroatoms. The Kier molecular flexibility index (Phi) is 5.35. The number of carboxylic acid groups (broad SMARTS) is 2. The first-order valence-corrected chi connectivity index (χ1v) is 6.65. The molecule has 0 fully saturated rings. The van der Waals surface area contributed by atoms with Crippen molar-refractivity contribution in [3.8, 4) is 11.6 Å². The highest BCUT2D eigenvalue weighted by Crippen LogP contribution is 2.24. The zero-order valence-electron chi connectivity index (χ0n) is 12.6. The van der Waals surface area contributed by atoms with E-state index in [4.69, 9.17) is 19.7 Å². The number of nitrogens with one attached hydrogen (secondary N) is 1. The summed E-state index contributed by atoms with van der Waals surface area (Å²) in [6.07, 6.45) is -3.58. The Morgan fingerprint density at radius 2 is 1.81 bits per heavy atom. The number of halogens is 3. The number of aromatic carboxylic acids is 1. The number of benzene rings is 1. The number of para-hydroxylation sites is 1. The lowest BCUT2D eigenvalue weighted by Gasteiger charge is -2.03. The van der Waals surface area contributed by atoms with Gasteiger partial charge in [0.2, 0.25) is 5.69 Å². The molecule has 3 aromatic rings. The van der Waals surface area contributed by atoms with Crippen LogP contribution in [0.2, 0.25) is 0 Å². The minimum absolute atomic E-state index is 0.0930. The summed E-state index contributed by atoms with van der Waals surface area (Å²) < 4.78 is 37.1. The standard InChI is InChI=1S/C12H8N4O3.C2HF3O2/c17-12(18)10-11(15-16-14-10)19-8-5-7-3-1-2-4-9(7)13-6-8;3-2(4,5)1(6)7/h1-6H,(H,17,18)(H,14,15,16);(H,6,7). The van der Waals surface area contributed by atoms with Crippen LogP contribution >= 0.6 is 0 Å². The number of nitrogens with zero attached hydrogens (tertiary/aromatic N) is 3. The van der Waals surface area contributed by atoms with Crippen LogP contribution in [-0.2, 0) is 4.79 Å². The minimum Gasteiger partial charge on any atom is -0.476 e. The van der Waals surface area contributed by atoms with Crippen molar-refractivity contribution in [2.45, 2.75) is 6.18 Å². The highest BCUT2D eigenvalue weighted by molar-refractivity contribution is 5.87. The molecule has 0 amide bonds. The molecule has 0 aliphatic heterocycles. The third kappa shape index (κ3) is 4.66. The van der Waals surface area contributed by atoms with Crippen molar-refractivity contribution < 1.29 is 37.7 Å². The Morgan fingerprint density at radius 1 is 1.15 bits per heavy atom. The molecular weight excluding hydrogens is 361 g/mol. The molecule has 0 saturated carbocycles. The second-order valence-corrected chi connectivity index (χ2v) is 4.57. The largest absolute Gasteiger partial charge is 0.490 e. The Morgan fingerprint density at radius 3 is 2.42 bits per heavy atom. The lowest BCUT2D eigenvalue weighted by atomic mass is 10.2. The van der Waals surface area contributed by atoms with Gasteiger partial charge in [-0.15, -0.1) is 0 Å². The molecule has 0 bridgehead atoms. The number of hydrogen-bond acceptors (Lipinski definition) is 6. The molecule has 9 nitrogen and oxygen atoms in total. The SMILES string of the molecule is O=C(O)C(F)(F)F.O=C(O)c1[nH]nnc1Oc1cnc2ccccc2c1. The topological polar surface area (TPSA) is 138 Å². The van der Waals surface area contributed by atoms with Crippen molar-refractivity contribution in [1.82, 2.24) is 20.4 Å². The normalized spacial score (nSPS) is 10.7. The summed E-state index contributed by atoms with van der Waals surface area (Å²) in [6, 6.07) is 9.28. The summed E-state index contributed by atoms with van der Waals surface area (Å²) in [5.74, 6) is -3.64. The van der Waals surface area contributed by atoms with E-state index in [0.29, 0.717) is 5.75 Å². The van der Waals surface area contributed by atoms with E-state index >= 15 is 0 Å². The molecule has 3 rings (SSSR count). The van der Waals surface area contributed by atoms with E-state index in [0.717, 1.165) is 10.9 Å². The van der Waals surface area contributed by atoms with Gasteiger partial charge in [-0.05, 0) is 12.1 Å². The average molecular weight is 370 g/mol. The third-order valence-corrected chi connectivity index (χ3v) is 2.75. The molecule has 0 aliphatic carbocycles. The van der Waals surface area contributed by atoms with Gasteiger partial charge in [-0.3, -0.25) is 4.98 Å². The van der Waals surface area contributed by atoms with Gasteiger partial charge in [0.1, 0.15) is 5.75 Å². The van der Waals surface area contributed by atoms with Gasteiger partial charge in [-0.2, -0.15) is 13.2 Å². The molecule has 1 aromatic carbocycles. The van der Waals surface area contributed by atoms with Gasteiger partial charge in [0, 0.05) is 5.39 Å². The number of fused-ring (bicyclic) bond motifs is 1. The number of hydrogen-bond donors (Lipinski definition) is 3. The van der Waals surface area contributed by atoms with Crippen LogP contribution in [-0.4, -0.2) is 48.7 Å². The molecule has 26 heavy (non-hydrogen) atoms. The van der Waals surface area contributed by atoms with Crippen LogP contribution in [0.3, 0.4) is 0 Å². The Labute approximate surface area is 142 Å². The maximum absolute atomic E-state index is 10.9. The van der Waals surface area contributed by atoms with E-state index < -0.39 is 18.1 Å². The number of alkyl halides is 3. The highest BCUT2D eigenvalue weighted by atomic mass is 19.4. The van der Waals surface area contributed by atoms with Crippen molar-refractivity contribution in [3.05, 3.63) is 42.2 Å². The number of aliphatic carboxylic acids is 1. The molecule has 136 valence electrons. The smallest absolute Gasteiger partial charge is 0.476 e. The number of ether oxygens (including phenoxy) is 1. The van der Waals surface area contributed by atoms with Gasteiger partial charge >= 0.3 is 18.1 Å². The summed E-state index contributed by atoms with van der Waals surface area (Å²) in [5.41, 5.74) is 0.626. The number of H-pyrrole nitrogens is 1. The second-order valence-electron chi connectivity index (χ2n) is 4.57. The molecule has 0 unspecified atom stereocenters. The van der Waals surface area contributed by atoms with Crippen molar-refractivity contribution in [3.63, 3.8) is 0 Å². The fourth-order valence-electron chi connectivity index (χ4n) is 1.65. The van der Waals surface area contributed by atoms with Crippen molar-refractivity contribution in [1.29, 1.82) is 0 Å². The summed E-state index contributed by atoms with van der Waals surface area (Å²) in [4.78, 5) is 24.0. The maximum atomic E-state index is 10.9. The molecular formula is C14H9F3N4O5. The van der Waals surface area contributed by atoms with E-state index in [1.54, 1.807) is 6.07 Å². The van der Waals surface area contributed by atoms with Crippen LogP contribution in [0.4, 0.5) is 13.2 Å². The average Bonchev–Trinajstić information content (AvgIpc) is 3.03. The van der Waals surface area contributed by atoms with Crippen molar-refractivity contribution in [2.24, 2.45) is 0 Å². The van der Waals surface area contributed by atoms with E-state index in [9.17, 15) is 18.0 Å². The predicted molar refractivity (Wildman–Crippen MR) is 78.8 cm³/mol. The first-order valence-electron chi connectivity index (χ1n) is 6.65. The fraction of sp³-hybridized carbons (Fsp3) is 0.0714. The second kappa shape index (κ2) is 7.46. The summed E-state index contributed by atoms with van der Waals surface area (Å²) >= 11 is 0. The van der Waals surface area contributed by atoms with Crippen LogP contribution in [0.25, 0.3) is 10.9 Å². The van der Waals surface area contributed by atoms with Gasteiger partial charge in [-0.25, -0.2) is 14.7 Å². The number of carbonyl (C=O) groups is 2. The van der Waals surface area contributed by atoms with Gasteiger partial charge < -0.3 is 14.9 Å². The van der Waals surface area contributed by atoms with E-state index in [2.05, 4.69) is 20.4 Å². The van der Waals surface area contributed by atoms with Gasteiger partial charge in [0.15, 0.2) is 0 Å². The predicted octanol–water partition coefficient (Wildman–Crippen LogP) is 2.48. The van der Waals surface area contributed by atoms with Crippen LogP contribution < -0.4 is 4.74 Å². The Bertz CT molecular complexity index is 941. The number of aromatic amines is 1. The van der Waals surface area contributed by atoms with Crippen LogP contribution in [0.1, 0.15) is 10.5 Å². The number of rotatable bonds is 3. The summed E-state index contributed by atoms with van der Waals surface area (Å²) in [6.45, 7) is 0. The lowest BCUT2D eigenvalue weighted by Crippen LogP contribution is -2.21. The number of aromatic nitrogens is 4. The summed E-state index contributed by atoms with van der Waals surface area (Å²) in [5, 5.41) is 26.1. The third-order valence-electron chi connectivity index (χ3n) is 2.75. The number of pyridine rings is 1. The Hall–Kier alpha value is -3.70. The first-order chi connectivity index (χ1) is 12.2. The van der Waals surface area contributed by atoms with E-state index in [-0.39, 0.29) is 11.6 Å². The minimum atomic E-state index is -5.08. The molecule has 2 aromatic heterocycles. The van der Waals surface area contributed by atoms with Gasteiger partial charge in [-0.1, -0.05) is 28.5 Å². The zero-order chi connectivity index (χ0) is 19.3. The number of carboxylic acids is 2. The maximum Gasteiger partial charge on any atom is 0.490 e. The zero-order valence-corrected chi connectivity index (χ0v) is 12.6. The molecule has 3 N–H and O–H groups in total. The molecule has 0 aliphatic rings. The molecule has 0 atom stereocenters. The molecule has 0 spiro atoms. The summed E-state index contributed by atoms with van der Waals surface area (Å²) in [7, 11) is 0. The first kappa shape index (κ1) is 18.6. The molecule has 2 heterocycles. The van der Waals surface area contributed by atoms with Crippen molar-refractivity contribution >= 4 is 22.8 Å². The van der Waals surface area contributed by atoms with Crippen LogP contribution in [0, 0.1) is 0 Å². The van der Waals surface area contributed by atoms with Crippen LogP contribution in [0.15, 0.2) is 36.5 Å². The van der Waals surface area contributed by atoms with E-state index in [1.807, 2.05) is 24.3 Å². The Balaban J connectivity index is 0.000000298. The fourth-order valence-corrected chi connectivity index (χ4v) is 1.65. The molecule has 0 saturated heterocycles.